The van der Waals surface area contributed by atoms with Gasteiger partial charge in [0.1, 0.15) is 0 Å². The van der Waals surface area contributed by atoms with Crippen molar-refractivity contribution in [3.8, 4) is 0 Å². The van der Waals surface area contributed by atoms with Gasteiger partial charge < -0.3 is 19.9 Å². The normalized spacial score (nSPS) is 15.0. The van der Waals surface area contributed by atoms with E-state index in [0.29, 0.717) is 43.7 Å². The molecule has 8 heteroatoms. The van der Waals surface area contributed by atoms with Gasteiger partial charge in [0.15, 0.2) is 0 Å². The molecule has 0 bridgehead atoms. The van der Waals surface area contributed by atoms with Crippen LogP contribution in [0.1, 0.15) is 25.7 Å². The van der Waals surface area contributed by atoms with E-state index in [2.05, 4.69) is 17.1 Å². The van der Waals surface area contributed by atoms with Gasteiger partial charge >= 0.3 is 5.97 Å². The van der Waals surface area contributed by atoms with E-state index in [9.17, 15) is 9.59 Å². The molecule has 135 valence electrons. The van der Waals surface area contributed by atoms with Crippen LogP contribution >= 0.6 is 22.7 Å². The Bertz CT molecular complexity index is 338. The molecule has 0 saturated carbocycles. The SMILES string of the molecule is O=C(O)CCOCCOCCNC(=O)CCCC[S]1CCSC1. The molecule has 1 radical (unpaired) electrons. The molecular formula is C15H28NO5S2. The third kappa shape index (κ3) is 12.6. The van der Waals surface area contributed by atoms with Crippen LogP contribution in [-0.4, -0.2) is 72.3 Å². The van der Waals surface area contributed by atoms with Gasteiger partial charge in [0.05, 0.1) is 32.8 Å². The molecule has 0 spiro atoms. The molecule has 0 aromatic carbocycles. The fourth-order valence-electron chi connectivity index (χ4n) is 2.00. The van der Waals surface area contributed by atoms with E-state index in [1.54, 1.807) is 0 Å². The van der Waals surface area contributed by atoms with Crippen molar-refractivity contribution in [3.63, 3.8) is 0 Å². The van der Waals surface area contributed by atoms with Crippen molar-refractivity contribution in [2.24, 2.45) is 0 Å². The number of carboxylic acid groups (broad SMARTS) is 1. The Balaban J connectivity index is 1.78. The second-order valence-electron chi connectivity index (χ2n) is 5.22. The van der Waals surface area contributed by atoms with E-state index < -0.39 is 5.97 Å². The summed E-state index contributed by atoms with van der Waals surface area (Å²) in [4.78, 5) is 21.9. The maximum Gasteiger partial charge on any atom is 0.305 e. The Morgan fingerprint density at radius 1 is 1.09 bits per heavy atom. The van der Waals surface area contributed by atoms with Gasteiger partial charge in [0, 0.05) is 23.8 Å². The fraction of sp³-hybridized carbons (Fsp3) is 0.867. The highest BCUT2D eigenvalue weighted by Crippen LogP contribution is 2.38. The summed E-state index contributed by atoms with van der Waals surface area (Å²) < 4.78 is 10.4. The molecule has 0 aliphatic carbocycles. The van der Waals surface area contributed by atoms with Gasteiger partial charge in [-0.1, -0.05) is 0 Å². The number of thioether (sulfide) groups is 1. The van der Waals surface area contributed by atoms with Crippen LogP contribution in [0.5, 0.6) is 0 Å². The van der Waals surface area contributed by atoms with E-state index in [4.69, 9.17) is 14.6 Å². The van der Waals surface area contributed by atoms with E-state index in [-0.39, 0.29) is 18.9 Å². The van der Waals surface area contributed by atoms with Crippen molar-refractivity contribution < 1.29 is 24.2 Å². The molecule has 0 aromatic heterocycles. The van der Waals surface area contributed by atoms with E-state index in [1.807, 2.05) is 0 Å². The molecule has 0 atom stereocenters. The standard InChI is InChI=1S/C15H28NO5S2/c17-14(3-1-2-11-23-12-10-22-13-23)16-5-7-21-9-8-20-6-4-15(18)19/h1-13H2,(H,16,17)(H,18,19). The lowest BCUT2D eigenvalue weighted by molar-refractivity contribution is -0.138. The van der Waals surface area contributed by atoms with Crippen LogP contribution in [0, 0.1) is 0 Å². The Morgan fingerprint density at radius 2 is 1.87 bits per heavy atom. The van der Waals surface area contributed by atoms with Crippen LogP contribution in [0.25, 0.3) is 0 Å². The van der Waals surface area contributed by atoms with Gasteiger partial charge in [0.25, 0.3) is 0 Å². The number of amides is 1. The minimum Gasteiger partial charge on any atom is -0.481 e. The minimum atomic E-state index is -0.865. The minimum absolute atomic E-state index is 0.0101. The Hall–Kier alpha value is -0.440. The van der Waals surface area contributed by atoms with Gasteiger partial charge in [-0.05, 0) is 24.3 Å². The molecule has 23 heavy (non-hydrogen) atoms. The highest BCUT2D eigenvalue weighted by atomic mass is 32.2. The summed E-state index contributed by atoms with van der Waals surface area (Å²) in [5.74, 6) is 3.19. The molecule has 1 saturated heterocycles. The topological polar surface area (TPSA) is 84.9 Å². The average molecular weight is 367 g/mol. The number of nitrogens with one attached hydrogen (secondary N) is 1. The number of hydrogen-bond acceptors (Lipinski definition) is 5. The monoisotopic (exact) mass is 366 g/mol. The number of unbranched alkanes of at least 4 members (excludes halogenated alkanes) is 1. The number of ether oxygens (including phenoxy) is 2. The lowest BCUT2D eigenvalue weighted by Gasteiger charge is -2.10. The molecule has 6 nitrogen and oxygen atoms in total. The predicted molar refractivity (Wildman–Crippen MR) is 95.4 cm³/mol. The number of rotatable bonds is 14. The first-order valence-corrected chi connectivity index (χ1v) is 10.9. The van der Waals surface area contributed by atoms with Crippen molar-refractivity contribution in [3.05, 3.63) is 0 Å². The maximum atomic E-state index is 11.6. The van der Waals surface area contributed by atoms with Gasteiger partial charge in [-0.15, -0.1) is 0 Å². The number of carboxylic acids is 1. The van der Waals surface area contributed by atoms with Crippen molar-refractivity contribution in [2.75, 3.05) is 55.3 Å². The Labute approximate surface area is 145 Å². The van der Waals surface area contributed by atoms with Crippen LogP contribution in [-0.2, 0) is 19.1 Å². The summed E-state index contributed by atoms with van der Waals surface area (Å²) in [6.45, 7) is 1.95. The Kier molecular flexibility index (Phi) is 12.5. The Morgan fingerprint density at radius 3 is 2.57 bits per heavy atom. The number of hydrogen-bond donors (Lipinski definition) is 2. The molecule has 1 fully saturated rings. The van der Waals surface area contributed by atoms with Crippen LogP contribution < -0.4 is 5.32 Å². The number of carbonyl (C=O) groups is 2. The number of carbonyl (C=O) groups excluding carboxylic acids is 1. The van der Waals surface area contributed by atoms with Crippen molar-refractivity contribution in [2.45, 2.75) is 25.7 Å². The first kappa shape index (κ1) is 20.6. The molecule has 0 unspecified atom stereocenters. The first-order valence-electron chi connectivity index (χ1n) is 8.04. The molecular weight excluding hydrogens is 338 g/mol. The summed E-state index contributed by atoms with van der Waals surface area (Å²) in [6, 6.07) is 0. The maximum absolute atomic E-state index is 11.6. The van der Waals surface area contributed by atoms with Crippen molar-refractivity contribution in [1.82, 2.24) is 5.32 Å². The third-order valence-corrected chi connectivity index (χ3v) is 7.65. The largest absolute Gasteiger partial charge is 0.481 e. The van der Waals surface area contributed by atoms with Crippen LogP contribution in [0.2, 0.25) is 0 Å². The van der Waals surface area contributed by atoms with Crippen molar-refractivity contribution >= 4 is 34.5 Å². The van der Waals surface area contributed by atoms with Crippen LogP contribution in [0.15, 0.2) is 0 Å². The van der Waals surface area contributed by atoms with Gasteiger partial charge in [-0.3, -0.25) is 9.59 Å². The number of aliphatic carboxylic acids is 1. The summed E-state index contributed by atoms with van der Waals surface area (Å²) in [5.41, 5.74) is 0. The molecule has 2 N–H and O–H groups in total. The zero-order chi connectivity index (χ0) is 16.8. The van der Waals surface area contributed by atoms with Crippen LogP contribution in [0.4, 0.5) is 0 Å². The van der Waals surface area contributed by atoms with Gasteiger partial charge in [-0.2, -0.15) is 22.7 Å². The molecule has 1 heterocycles. The van der Waals surface area contributed by atoms with E-state index >= 15 is 0 Å². The fourth-order valence-corrected chi connectivity index (χ4v) is 6.59. The van der Waals surface area contributed by atoms with Gasteiger partial charge in [0.2, 0.25) is 5.91 Å². The van der Waals surface area contributed by atoms with Crippen LogP contribution in [0.3, 0.4) is 0 Å². The smallest absolute Gasteiger partial charge is 0.305 e. The zero-order valence-electron chi connectivity index (χ0n) is 13.6. The molecule has 1 amide bonds. The second kappa shape index (κ2) is 13.9. The summed E-state index contributed by atoms with van der Waals surface area (Å²) in [5, 5.41) is 12.6. The highest BCUT2D eigenvalue weighted by molar-refractivity contribution is 8.29. The molecule has 1 aliphatic rings. The lowest BCUT2D eigenvalue weighted by atomic mass is 10.2. The first-order chi connectivity index (χ1) is 11.2. The van der Waals surface area contributed by atoms with E-state index in [0.717, 1.165) is 12.8 Å². The molecule has 1 rings (SSSR count). The van der Waals surface area contributed by atoms with Crippen molar-refractivity contribution in [1.29, 1.82) is 0 Å². The molecule has 0 aromatic rings. The highest BCUT2D eigenvalue weighted by Gasteiger charge is 2.12. The summed E-state index contributed by atoms with van der Waals surface area (Å²) >= 11 is 2.05. The lowest BCUT2D eigenvalue weighted by Crippen LogP contribution is -2.27. The van der Waals surface area contributed by atoms with Gasteiger partial charge in [-0.25, -0.2) is 0 Å². The summed E-state index contributed by atoms with van der Waals surface area (Å²) in [7, 11) is 0.610. The van der Waals surface area contributed by atoms with E-state index in [1.165, 1.54) is 22.3 Å². The average Bonchev–Trinajstić information content (AvgIpc) is 3.03. The second-order valence-corrected chi connectivity index (χ2v) is 9.02. The third-order valence-electron chi connectivity index (χ3n) is 3.25. The predicted octanol–water partition coefficient (Wildman–Crippen LogP) is 1.75. The quantitative estimate of drug-likeness (QED) is 0.456. The summed E-state index contributed by atoms with van der Waals surface area (Å²) in [6.07, 6.45) is 2.73. The molecule has 1 aliphatic heterocycles. The zero-order valence-corrected chi connectivity index (χ0v) is 15.2.